The molecular weight excluding hydrogens is 256 g/mol. The Balaban J connectivity index is 2.18. The number of ether oxygens (including phenoxy) is 1. The van der Waals surface area contributed by atoms with Crippen molar-refractivity contribution in [3.63, 3.8) is 0 Å². The molecule has 0 aliphatic heterocycles. The summed E-state index contributed by atoms with van der Waals surface area (Å²) < 4.78 is 4.80. The Morgan fingerprint density at radius 1 is 1.53 bits per heavy atom. The van der Waals surface area contributed by atoms with E-state index in [1.165, 1.54) is 22.7 Å². The molecule has 0 saturated heterocycles. The SMILES string of the molecule is CCOC(=O)CCCC=[S+]C(=O)c1cccs1. The van der Waals surface area contributed by atoms with Crippen molar-refractivity contribution in [3.05, 3.63) is 22.4 Å². The number of carbonyl (C=O) groups is 2. The molecule has 1 aromatic rings. The fourth-order valence-corrected chi connectivity index (χ4v) is 2.62. The summed E-state index contributed by atoms with van der Waals surface area (Å²) in [6, 6.07) is 3.67. The van der Waals surface area contributed by atoms with Crippen molar-refractivity contribution in [2.75, 3.05) is 6.61 Å². The molecule has 0 N–H and O–H groups in total. The van der Waals surface area contributed by atoms with Gasteiger partial charge in [-0.15, -0.1) is 11.3 Å². The molecule has 1 aromatic heterocycles. The Bertz CT molecular complexity index is 382. The molecule has 0 aromatic carbocycles. The van der Waals surface area contributed by atoms with E-state index in [0.717, 1.165) is 17.7 Å². The van der Waals surface area contributed by atoms with E-state index in [4.69, 9.17) is 4.74 Å². The van der Waals surface area contributed by atoms with E-state index < -0.39 is 0 Å². The van der Waals surface area contributed by atoms with Crippen molar-refractivity contribution >= 4 is 39.1 Å². The number of hydrogen-bond donors (Lipinski definition) is 0. The van der Waals surface area contributed by atoms with Crippen molar-refractivity contribution in [1.29, 1.82) is 0 Å². The molecule has 0 saturated carbocycles. The number of hydrogen-bond acceptors (Lipinski definition) is 4. The van der Waals surface area contributed by atoms with Crippen LogP contribution in [0.1, 0.15) is 35.9 Å². The molecule has 0 aliphatic carbocycles. The minimum atomic E-state index is -0.171. The summed E-state index contributed by atoms with van der Waals surface area (Å²) in [5.74, 6) is -0.171. The van der Waals surface area contributed by atoms with E-state index in [-0.39, 0.29) is 11.1 Å². The molecule has 0 atom stereocenters. The highest BCUT2D eigenvalue weighted by atomic mass is 32.1. The average molecular weight is 271 g/mol. The molecule has 5 heteroatoms. The Morgan fingerprint density at radius 3 is 3.00 bits per heavy atom. The zero-order valence-corrected chi connectivity index (χ0v) is 11.3. The molecule has 3 nitrogen and oxygen atoms in total. The van der Waals surface area contributed by atoms with E-state index in [1.54, 1.807) is 6.92 Å². The Kier molecular flexibility index (Phi) is 6.65. The fourth-order valence-electron chi connectivity index (χ4n) is 1.15. The van der Waals surface area contributed by atoms with E-state index in [1.807, 2.05) is 22.9 Å². The van der Waals surface area contributed by atoms with Crippen LogP contribution in [0.15, 0.2) is 17.5 Å². The predicted molar refractivity (Wildman–Crippen MR) is 72.6 cm³/mol. The van der Waals surface area contributed by atoms with Gasteiger partial charge in [-0.25, -0.2) is 4.79 Å². The highest BCUT2D eigenvalue weighted by Crippen LogP contribution is 2.08. The summed E-state index contributed by atoms with van der Waals surface area (Å²) in [6.07, 6.45) is 1.88. The molecular formula is C12H15O3S2+. The Morgan fingerprint density at radius 2 is 2.35 bits per heavy atom. The van der Waals surface area contributed by atoms with Crippen LogP contribution in [0, 0.1) is 0 Å². The number of esters is 1. The minimum Gasteiger partial charge on any atom is -0.466 e. The van der Waals surface area contributed by atoms with E-state index in [0.29, 0.717) is 13.0 Å². The van der Waals surface area contributed by atoms with Gasteiger partial charge in [-0.1, -0.05) is 6.07 Å². The summed E-state index contributed by atoms with van der Waals surface area (Å²) in [5, 5.41) is 3.80. The van der Waals surface area contributed by atoms with Gasteiger partial charge in [-0.2, -0.15) is 0 Å². The highest BCUT2D eigenvalue weighted by molar-refractivity contribution is 7.93. The summed E-state index contributed by atoms with van der Waals surface area (Å²) in [4.78, 5) is 23.3. The third-order valence-corrected chi connectivity index (χ3v) is 3.76. The van der Waals surface area contributed by atoms with Crippen molar-refractivity contribution in [1.82, 2.24) is 0 Å². The van der Waals surface area contributed by atoms with Crippen molar-refractivity contribution in [2.24, 2.45) is 0 Å². The number of unbranched alkanes of at least 4 members (excludes halogenated alkanes) is 1. The maximum Gasteiger partial charge on any atom is 0.444 e. The molecule has 0 bridgehead atoms. The van der Waals surface area contributed by atoms with E-state index >= 15 is 0 Å². The first kappa shape index (κ1) is 14.0. The summed E-state index contributed by atoms with van der Waals surface area (Å²) >= 11 is 2.64. The summed E-state index contributed by atoms with van der Waals surface area (Å²) in [7, 11) is 0. The molecule has 1 heterocycles. The van der Waals surface area contributed by atoms with Crippen molar-refractivity contribution in [2.45, 2.75) is 26.2 Å². The second-order valence-corrected chi connectivity index (χ2v) is 5.13. The first-order chi connectivity index (χ1) is 8.24. The van der Waals surface area contributed by atoms with Crippen LogP contribution in [-0.4, -0.2) is 23.1 Å². The Hall–Kier alpha value is -1.07. The molecule has 0 aliphatic rings. The Labute approximate surface area is 109 Å². The topological polar surface area (TPSA) is 43.4 Å². The van der Waals surface area contributed by atoms with Crippen LogP contribution in [0.3, 0.4) is 0 Å². The van der Waals surface area contributed by atoms with E-state index in [2.05, 4.69) is 0 Å². The van der Waals surface area contributed by atoms with Crippen LogP contribution in [0.4, 0.5) is 0 Å². The highest BCUT2D eigenvalue weighted by Gasteiger charge is 2.15. The third-order valence-electron chi connectivity index (χ3n) is 1.92. The molecule has 1 rings (SSSR count). The standard InChI is InChI=1S/C12H15O3S2/c1-2-15-11(13)7-3-4-8-17-12(14)10-6-5-9-16-10/h5-6,8-9H,2-4,7H2,1H3/q+1. The maximum atomic E-state index is 11.6. The van der Waals surface area contributed by atoms with Crippen LogP contribution in [0.2, 0.25) is 0 Å². The molecule has 0 amide bonds. The van der Waals surface area contributed by atoms with Crippen LogP contribution in [-0.2, 0) is 20.9 Å². The van der Waals surface area contributed by atoms with Crippen molar-refractivity contribution < 1.29 is 14.3 Å². The summed E-state index contributed by atoms with van der Waals surface area (Å²) in [5.41, 5.74) is 0. The van der Waals surface area contributed by atoms with Gasteiger partial charge in [0.25, 0.3) is 11.4 Å². The first-order valence-corrected chi connectivity index (χ1v) is 7.21. The smallest absolute Gasteiger partial charge is 0.444 e. The van der Waals surface area contributed by atoms with Crippen LogP contribution < -0.4 is 0 Å². The van der Waals surface area contributed by atoms with Gasteiger partial charge >= 0.3 is 11.1 Å². The molecule has 0 unspecified atom stereocenters. The van der Waals surface area contributed by atoms with Gasteiger partial charge in [-0.05, 0) is 24.8 Å². The molecule has 92 valence electrons. The second-order valence-electron chi connectivity index (χ2n) is 3.25. The number of thiophene rings is 1. The lowest BCUT2D eigenvalue weighted by molar-refractivity contribution is -0.143. The van der Waals surface area contributed by atoms with Gasteiger partial charge in [0, 0.05) is 12.8 Å². The van der Waals surface area contributed by atoms with Gasteiger partial charge in [0.1, 0.15) is 4.88 Å². The molecule has 0 fully saturated rings. The summed E-state index contributed by atoms with van der Waals surface area (Å²) in [6.45, 7) is 2.22. The lowest BCUT2D eigenvalue weighted by Crippen LogP contribution is -2.03. The normalized spacial score (nSPS) is 10.6. The number of rotatable bonds is 6. The van der Waals surface area contributed by atoms with Crippen molar-refractivity contribution in [3.8, 4) is 0 Å². The third kappa shape index (κ3) is 5.70. The van der Waals surface area contributed by atoms with Crippen LogP contribution in [0.25, 0.3) is 0 Å². The fraction of sp³-hybridized carbons (Fsp3) is 0.417. The minimum absolute atomic E-state index is 0.0659. The second kappa shape index (κ2) is 8.08. The van der Waals surface area contributed by atoms with Gasteiger partial charge in [0.2, 0.25) is 0 Å². The van der Waals surface area contributed by atoms with Gasteiger partial charge in [-0.3, -0.25) is 4.79 Å². The predicted octanol–water partition coefficient (Wildman–Crippen LogP) is 2.51. The number of carbonyl (C=O) groups excluding carboxylic acids is 2. The molecule has 17 heavy (non-hydrogen) atoms. The van der Waals surface area contributed by atoms with Gasteiger partial charge < -0.3 is 4.74 Å². The lowest BCUT2D eigenvalue weighted by atomic mass is 10.2. The van der Waals surface area contributed by atoms with Gasteiger partial charge in [0.15, 0.2) is 5.37 Å². The largest absolute Gasteiger partial charge is 0.466 e. The maximum absolute atomic E-state index is 11.6. The van der Waals surface area contributed by atoms with Crippen LogP contribution in [0.5, 0.6) is 0 Å². The van der Waals surface area contributed by atoms with E-state index in [9.17, 15) is 9.59 Å². The van der Waals surface area contributed by atoms with Crippen LogP contribution >= 0.6 is 11.3 Å². The van der Waals surface area contributed by atoms with Gasteiger partial charge in [0.05, 0.1) is 6.61 Å². The lowest BCUT2D eigenvalue weighted by Gasteiger charge is -1.97. The molecule has 0 spiro atoms. The monoisotopic (exact) mass is 271 g/mol. The first-order valence-electron chi connectivity index (χ1n) is 5.45. The zero-order chi connectivity index (χ0) is 12.5. The quantitative estimate of drug-likeness (QED) is 0.345. The zero-order valence-electron chi connectivity index (χ0n) is 9.68. The molecule has 0 radical (unpaired) electrons. The average Bonchev–Trinajstić information content (AvgIpc) is 2.82.